The average Bonchev–Trinajstić information content (AvgIpc) is 2.67. The maximum Gasteiger partial charge on any atom is 0.410 e. The van der Waals surface area contributed by atoms with E-state index in [2.05, 4.69) is 20.8 Å². The molecule has 22 heavy (non-hydrogen) atoms. The topological polar surface area (TPSA) is 55.8 Å². The Hall–Kier alpha value is -1.10. The molecule has 5 nitrogen and oxygen atoms in total. The van der Waals surface area contributed by atoms with Gasteiger partial charge in [0, 0.05) is 6.42 Å². The first-order valence-corrected chi connectivity index (χ1v) is 7.89. The second-order valence-electron chi connectivity index (χ2n) is 8.57. The third-order valence-corrected chi connectivity index (χ3v) is 4.36. The van der Waals surface area contributed by atoms with Crippen molar-refractivity contribution in [3.05, 3.63) is 0 Å². The summed E-state index contributed by atoms with van der Waals surface area (Å²) in [6, 6.07) is -0.476. The first kappa shape index (κ1) is 18.9. The van der Waals surface area contributed by atoms with E-state index in [-0.39, 0.29) is 17.1 Å². The minimum atomic E-state index is -0.575. The maximum atomic E-state index is 12.2. The van der Waals surface area contributed by atoms with Crippen LogP contribution in [0.2, 0.25) is 0 Å². The minimum absolute atomic E-state index is 0.0387. The Kier molecular flexibility index (Phi) is 5.33. The second-order valence-corrected chi connectivity index (χ2v) is 8.57. The quantitative estimate of drug-likeness (QED) is 0.749. The molecule has 0 radical (unpaired) electrons. The van der Waals surface area contributed by atoms with Crippen molar-refractivity contribution in [2.45, 2.75) is 85.2 Å². The van der Waals surface area contributed by atoms with Gasteiger partial charge >= 0.3 is 6.09 Å². The van der Waals surface area contributed by atoms with Gasteiger partial charge in [-0.15, -0.1) is 0 Å². The molecule has 1 aliphatic rings. The predicted molar refractivity (Wildman–Crippen MR) is 85.8 cm³/mol. The average molecular weight is 313 g/mol. The summed E-state index contributed by atoms with van der Waals surface area (Å²) in [6.45, 7) is 16.3. The third-order valence-electron chi connectivity index (χ3n) is 4.36. The maximum absolute atomic E-state index is 12.2. The Morgan fingerprint density at radius 1 is 1.09 bits per heavy atom. The summed E-state index contributed by atoms with van der Waals surface area (Å²) in [7, 11) is 0. The molecule has 0 N–H and O–H groups in total. The van der Waals surface area contributed by atoms with Crippen molar-refractivity contribution in [1.82, 2.24) is 4.90 Å². The van der Waals surface area contributed by atoms with Gasteiger partial charge in [0.25, 0.3) is 0 Å². The van der Waals surface area contributed by atoms with Gasteiger partial charge in [0.2, 0.25) is 0 Å². The number of hydrogen-bond acceptors (Lipinski definition) is 4. The van der Waals surface area contributed by atoms with Gasteiger partial charge in [-0.25, -0.2) is 4.79 Å². The van der Waals surface area contributed by atoms with Crippen LogP contribution in [0.1, 0.15) is 61.8 Å². The summed E-state index contributed by atoms with van der Waals surface area (Å²) in [6.07, 6.45) is 0.709. The fraction of sp³-hybridized carbons (Fsp3) is 0.882. The molecular weight excluding hydrogens is 282 g/mol. The third kappa shape index (κ3) is 4.70. The Morgan fingerprint density at radius 2 is 1.64 bits per heavy atom. The molecule has 0 bridgehead atoms. The summed E-state index contributed by atoms with van der Waals surface area (Å²) < 4.78 is 11.6. The van der Waals surface area contributed by atoms with Crippen LogP contribution in [0.3, 0.4) is 0 Å². The highest BCUT2D eigenvalue weighted by Gasteiger charge is 2.43. The molecule has 0 saturated carbocycles. The molecule has 0 aliphatic carbocycles. The van der Waals surface area contributed by atoms with Crippen LogP contribution in [0.5, 0.6) is 0 Å². The second kappa shape index (κ2) is 6.19. The van der Waals surface area contributed by atoms with Crippen LogP contribution in [-0.4, -0.2) is 47.2 Å². The number of ether oxygens (including phenoxy) is 2. The Bertz CT molecular complexity index is 417. The molecule has 0 aromatic carbocycles. The lowest BCUT2D eigenvalue weighted by Crippen LogP contribution is -2.44. The van der Waals surface area contributed by atoms with Gasteiger partial charge in [-0.2, -0.15) is 0 Å². The zero-order valence-electron chi connectivity index (χ0n) is 15.2. The smallest absolute Gasteiger partial charge is 0.410 e. The van der Waals surface area contributed by atoms with Gasteiger partial charge in [-0.1, -0.05) is 20.8 Å². The summed E-state index contributed by atoms with van der Waals surface area (Å²) >= 11 is 0. The van der Waals surface area contributed by atoms with Crippen LogP contribution in [0, 0.1) is 5.41 Å². The normalized spacial score (nSPS) is 23.5. The Morgan fingerprint density at radius 3 is 2.05 bits per heavy atom. The molecule has 1 aliphatic heterocycles. The number of aldehydes is 1. The zero-order valence-corrected chi connectivity index (χ0v) is 15.2. The van der Waals surface area contributed by atoms with Crippen LogP contribution in [0.25, 0.3) is 0 Å². The largest absolute Gasteiger partial charge is 0.444 e. The van der Waals surface area contributed by atoms with Crippen molar-refractivity contribution in [3.8, 4) is 0 Å². The van der Waals surface area contributed by atoms with Gasteiger partial charge in [-0.3, -0.25) is 4.90 Å². The van der Waals surface area contributed by atoms with E-state index in [1.54, 1.807) is 0 Å². The Labute approximate surface area is 134 Å². The molecule has 1 amide bonds. The highest BCUT2D eigenvalue weighted by atomic mass is 16.6. The zero-order chi connectivity index (χ0) is 17.3. The van der Waals surface area contributed by atoms with E-state index in [1.165, 1.54) is 4.90 Å². The van der Waals surface area contributed by atoms with Gasteiger partial charge in [0.05, 0.1) is 24.3 Å². The molecule has 1 heterocycles. The number of likely N-dealkylation sites (tertiary alicyclic amines) is 1. The summed E-state index contributed by atoms with van der Waals surface area (Å²) in [5.74, 6) is 0. The lowest BCUT2D eigenvalue weighted by molar-refractivity contribution is -0.126. The molecule has 1 rings (SSSR count). The lowest BCUT2D eigenvalue weighted by atomic mass is 9.79. The van der Waals surface area contributed by atoms with E-state index in [4.69, 9.17) is 9.47 Å². The molecule has 128 valence electrons. The number of carbonyl (C=O) groups excluding carboxylic acids is 2. The molecule has 0 aromatic heterocycles. The van der Waals surface area contributed by atoms with Crippen molar-refractivity contribution in [2.24, 2.45) is 5.41 Å². The minimum Gasteiger partial charge on any atom is -0.444 e. The number of nitrogens with zero attached hydrogens (tertiary/aromatic N) is 1. The Balaban J connectivity index is 2.77. The van der Waals surface area contributed by atoms with Gasteiger partial charge in [0.15, 0.2) is 0 Å². The van der Waals surface area contributed by atoms with E-state index in [1.807, 2.05) is 34.6 Å². The van der Waals surface area contributed by atoms with E-state index >= 15 is 0 Å². The fourth-order valence-electron chi connectivity index (χ4n) is 2.16. The molecule has 1 fully saturated rings. The molecule has 1 saturated heterocycles. The number of amides is 1. The van der Waals surface area contributed by atoms with Crippen LogP contribution >= 0.6 is 0 Å². The first-order valence-electron chi connectivity index (χ1n) is 7.89. The van der Waals surface area contributed by atoms with E-state index < -0.39 is 17.7 Å². The highest BCUT2D eigenvalue weighted by molar-refractivity contribution is 5.74. The SMILES string of the molecule is CC(C)(C)OC(=O)N1CC(OC(C)(C)C(C)(C)C)CC1C=O. The van der Waals surface area contributed by atoms with Crippen molar-refractivity contribution in [3.63, 3.8) is 0 Å². The standard InChI is InChI=1S/C17H31NO4/c1-15(2,3)17(7,8)21-13-9-12(11-19)18(10-13)14(20)22-16(4,5)6/h11-13H,9-10H2,1-8H3. The number of rotatable bonds is 3. The van der Waals surface area contributed by atoms with Crippen LogP contribution < -0.4 is 0 Å². The van der Waals surface area contributed by atoms with Gasteiger partial charge in [0.1, 0.15) is 11.9 Å². The molecule has 0 aromatic rings. The van der Waals surface area contributed by atoms with Crippen molar-refractivity contribution in [1.29, 1.82) is 0 Å². The van der Waals surface area contributed by atoms with Gasteiger partial charge in [-0.05, 0) is 40.0 Å². The van der Waals surface area contributed by atoms with Crippen molar-refractivity contribution >= 4 is 12.4 Å². The van der Waals surface area contributed by atoms with Crippen LogP contribution in [0.15, 0.2) is 0 Å². The number of hydrogen-bond donors (Lipinski definition) is 0. The summed E-state index contributed by atoms with van der Waals surface area (Å²) in [5, 5.41) is 0. The lowest BCUT2D eigenvalue weighted by Gasteiger charge is -2.40. The molecule has 0 spiro atoms. The monoisotopic (exact) mass is 313 g/mol. The van der Waals surface area contributed by atoms with E-state index in [0.29, 0.717) is 13.0 Å². The summed E-state index contributed by atoms with van der Waals surface area (Å²) in [5.41, 5.74) is -0.966. The van der Waals surface area contributed by atoms with Gasteiger partial charge < -0.3 is 14.3 Å². The molecule has 5 heteroatoms. The van der Waals surface area contributed by atoms with Crippen LogP contribution in [0.4, 0.5) is 4.79 Å². The molecule has 2 unspecified atom stereocenters. The van der Waals surface area contributed by atoms with Crippen molar-refractivity contribution in [2.75, 3.05) is 6.54 Å². The van der Waals surface area contributed by atoms with Crippen molar-refractivity contribution < 1.29 is 19.1 Å². The van der Waals surface area contributed by atoms with E-state index in [0.717, 1.165) is 6.29 Å². The first-order chi connectivity index (χ1) is 9.77. The van der Waals surface area contributed by atoms with Crippen LogP contribution in [-0.2, 0) is 14.3 Å². The summed E-state index contributed by atoms with van der Waals surface area (Å²) in [4.78, 5) is 25.0. The predicted octanol–water partition coefficient (Wildman–Crippen LogP) is 3.40. The fourth-order valence-corrected chi connectivity index (χ4v) is 2.16. The highest BCUT2D eigenvalue weighted by Crippen LogP contribution is 2.36. The van der Waals surface area contributed by atoms with E-state index in [9.17, 15) is 9.59 Å². The molecule has 2 atom stereocenters. The number of carbonyl (C=O) groups is 2. The molecular formula is C17H31NO4.